The van der Waals surface area contributed by atoms with Crippen LogP contribution in [0.4, 0.5) is 0 Å². The maximum atomic E-state index is 11.2. The molecule has 2 rings (SSSR count). The topological polar surface area (TPSA) is 58.9 Å². The highest BCUT2D eigenvalue weighted by molar-refractivity contribution is 4.93. The lowest BCUT2D eigenvalue weighted by atomic mass is 9.75. The fourth-order valence-corrected chi connectivity index (χ4v) is 3.81. The van der Waals surface area contributed by atoms with Crippen molar-refractivity contribution in [3.05, 3.63) is 9.81 Å². The zero-order chi connectivity index (χ0) is 12.8. The first-order valence-electron chi connectivity index (χ1n) is 7.51. The molecular weight excluding hydrogens is 228 g/mol. The van der Waals surface area contributed by atoms with E-state index in [1.54, 1.807) is 0 Å². The van der Waals surface area contributed by atoms with Gasteiger partial charge in [-0.15, -0.1) is 0 Å². The van der Waals surface area contributed by atoms with Crippen molar-refractivity contribution in [3.8, 4) is 0 Å². The summed E-state index contributed by atoms with van der Waals surface area (Å²) in [5.74, 6) is 0.613. The van der Waals surface area contributed by atoms with Crippen LogP contribution in [0.25, 0.3) is 0 Å². The highest BCUT2D eigenvalue weighted by Gasteiger charge is 2.37. The van der Waals surface area contributed by atoms with Crippen molar-refractivity contribution in [2.24, 2.45) is 22.2 Å². The van der Waals surface area contributed by atoms with Gasteiger partial charge < -0.3 is 0 Å². The van der Waals surface area contributed by atoms with Crippen LogP contribution in [0.2, 0.25) is 0 Å². The van der Waals surface area contributed by atoms with Gasteiger partial charge in [0.1, 0.15) is 12.1 Å². The van der Waals surface area contributed by atoms with Gasteiger partial charge >= 0.3 is 0 Å². The van der Waals surface area contributed by atoms with Crippen molar-refractivity contribution in [2.75, 3.05) is 0 Å². The minimum atomic E-state index is -0.356. The molecular formula is C14H24N2O2. The molecule has 0 saturated heterocycles. The van der Waals surface area contributed by atoms with Crippen molar-refractivity contribution in [1.82, 2.24) is 0 Å². The summed E-state index contributed by atoms with van der Waals surface area (Å²) >= 11 is 0. The molecule has 0 aromatic carbocycles. The molecule has 18 heavy (non-hydrogen) atoms. The third kappa shape index (κ3) is 3.15. The van der Waals surface area contributed by atoms with Gasteiger partial charge in [0.05, 0.1) is 0 Å². The Balaban J connectivity index is 2.02. The van der Waals surface area contributed by atoms with Crippen molar-refractivity contribution < 1.29 is 0 Å². The van der Waals surface area contributed by atoms with Gasteiger partial charge in [0.2, 0.25) is 0 Å². The maximum absolute atomic E-state index is 11.2. The van der Waals surface area contributed by atoms with Crippen LogP contribution in [-0.2, 0) is 0 Å². The van der Waals surface area contributed by atoms with Crippen molar-refractivity contribution in [3.63, 3.8) is 0 Å². The lowest BCUT2D eigenvalue weighted by molar-refractivity contribution is 0.211. The second-order valence-electron chi connectivity index (χ2n) is 5.99. The first-order valence-corrected chi connectivity index (χ1v) is 7.51. The minimum absolute atomic E-state index is 0.306. The van der Waals surface area contributed by atoms with Crippen LogP contribution in [0.5, 0.6) is 0 Å². The van der Waals surface area contributed by atoms with E-state index < -0.39 is 0 Å². The van der Waals surface area contributed by atoms with Crippen LogP contribution in [0.15, 0.2) is 10.4 Å². The van der Waals surface area contributed by atoms with Crippen molar-refractivity contribution in [1.29, 1.82) is 0 Å². The molecule has 0 radical (unpaired) electrons. The highest BCUT2D eigenvalue weighted by Crippen LogP contribution is 2.36. The average molecular weight is 252 g/mol. The predicted octanol–water partition coefficient (Wildman–Crippen LogP) is 4.42. The molecule has 102 valence electrons. The summed E-state index contributed by atoms with van der Waals surface area (Å²) in [5.41, 5.74) is 0. The third-order valence-corrected chi connectivity index (χ3v) is 4.86. The normalized spacial score (nSPS) is 26.4. The summed E-state index contributed by atoms with van der Waals surface area (Å²) < 4.78 is 0. The van der Waals surface area contributed by atoms with E-state index in [4.69, 9.17) is 0 Å². The molecule has 4 heteroatoms. The largest absolute Gasteiger partial charge is 0.150 e. The summed E-state index contributed by atoms with van der Waals surface area (Å²) in [5, 5.41) is 6.63. The summed E-state index contributed by atoms with van der Waals surface area (Å²) in [6, 6.07) is -0.711. The summed E-state index contributed by atoms with van der Waals surface area (Å²) in [6.45, 7) is 0. The van der Waals surface area contributed by atoms with Crippen LogP contribution in [0.1, 0.15) is 64.2 Å². The molecule has 2 saturated carbocycles. The zero-order valence-corrected chi connectivity index (χ0v) is 11.1. The number of rotatable bonds is 5. The van der Waals surface area contributed by atoms with E-state index in [-0.39, 0.29) is 12.1 Å². The SMILES string of the molecule is O=NC(C1CCCCC1)C(N=O)C1CCCCC1. The van der Waals surface area contributed by atoms with Crippen molar-refractivity contribution >= 4 is 0 Å². The first kappa shape index (κ1) is 13.6. The molecule has 0 aromatic heterocycles. The van der Waals surface area contributed by atoms with Crippen molar-refractivity contribution in [2.45, 2.75) is 76.3 Å². The van der Waals surface area contributed by atoms with Gasteiger partial charge in [0, 0.05) is 0 Å². The Morgan fingerprint density at radius 2 is 0.944 bits per heavy atom. The number of nitroso groups, excluding NO2 is 2. The van der Waals surface area contributed by atoms with Gasteiger partial charge in [0.25, 0.3) is 0 Å². The zero-order valence-electron chi connectivity index (χ0n) is 11.1. The predicted molar refractivity (Wildman–Crippen MR) is 72.3 cm³/mol. The third-order valence-electron chi connectivity index (χ3n) is 4.86. The second kappa shape index (κ2) is 6.95. The summed E-state index contributed by atoms with van der Waals surface area (Å²) in [7, 11) is 0. The quantitative estimate of drug-likeness (QED) is 0.680. The second-order valence-corrected chi connectivity index (χ2v) is 5.99. The highest BCUT2D eigenvalue weighted by atomic mass is 16.3. The van der Waals surface area contributed by atoms with Gasteiger partial charge in [0.15, 0.2) is 0 Å². The minimum Gasteiger partial charge on any atom is -0.150 e. The summed E-state index contributed by atoms with van der Waals surface area (Å²) in [4.78, 5) is 22.4. The van der Waals surface area contributed by atoms with E-state index in [9.17, 15) is 9.81 Å². The molecule has 2 unspecified atom stereocenters. The Morgan fingerprint density at radius 1 is 0.611 bits per heavy atom. The monoisotopic (exact) mass is 252 g/mol. The Kier molecular flexibility index (Phi) is 5.26. The Bertz CT molecular complexity index is 243. The van der Waals surface area contributed by atoms with Gasteiger partial charge in [-0.2, -0.15) is 9.81 Å². The molecule has 2 aliphatic rings. The molecule has 2 atom stereocenters. The lowest BCUT2D eigenvalue weighted by Gasteiger charge is -2.33. The Labute approximate surface area is 109 Å². The first-order chi connectivity index (χ1) is 8.86. The van der Waals surface area contributed by atoms with E-state index in [1.165, 1.54) is 38.5 Å². The molecule has 0 N–H and O–H groups in total. The van der Waals surface area contributed by atoms with Crippen LogP contribution >= 0.6 is 0 Å². The van der Waals surface area contributed by atoms with E-state index in [1.807, 2.05) is 0 Å². The standard InChI is InChI=1S/C14H24N2O2/c17-15-13(11-7-3-1-4-8-11)14(16-18)12-9-5-2-6-10-12/h11-14H,1-10H2. The van der Waals surface area contributed by atoms with Crippen LogP contribution in [-0.4, -0.2) is 12.1 Å². The molecule has 0 bridgehead atoms. The van der Waals surface area contributed by atoms with Crippen LogP contribution < -0.4 is 0 Å². The molecule has 2 fully saturated rings. The molecule has 0 aromatic rings. The fourth-order valence-electron chi connectivity index (χ4n) is 3.81. The molecule has 0 spiro atoms. The fraction of sp³-hybridized carbons (Fsp3) is 1.00. The molecule has 2 aliphatic carbocycles. The van der Waals surface area contributed by atoms with E-state index in [0.717, 1.165) is 25.7 Å². The van der Waals surface area contributed by atoms with E-state index in [2.05, 4.69) is 10.4 Å². The van der Waals surface area contributed by atoms with E-state index in [0.29, 0.717) is 11.8 Å². The number of hydrogen-bond acceptors (Lipinski definition) is 4. The molecule has 4 nitrogen and oxygen atoms in total. The lowest BCUT2D eigenvalue weighted by Crippen LogP contribution is -2.37. The smallest absolute Gasteiger partial charge is 0.121 e. The Hall–Kier alpha value is -0.800. The number of nitrogens with zero attached hydrogens (tertiary/aromatic N) is 2. The summed E-state index contributed by atoms with van der Waals surface area (Å²) in [6.07, 6.45) is 11.4. The van der Waals surface area contributed by atoms with Gasteiger partial charge in [-0.1, -0.05) is 48.9 Å². The number of hydrogen-bond donors (Lipinski definition) is 0. The van der Waals surface area contributed by atoms with Gasteiger partial charge in [-0.05, 0) is 37.5 Å². The molecule has 0 amide bonds. The van der Waals surface area contributed by atoms with Crippen LogP contribution in [0.3, 0.4) is 0 Å². The maximum Gasteiger partial charge on any atom is 0.121 e. The average Bonchev–Trinajstić information content (AvgIpc) is 2.46. The van der Waals surface area contributed by atoms with Gasteiger partial charge in [-0.25, -0.2) is 0 Å². The van der Waals surface area contributed by atoms with Crippen LogP contribution in [0, 0.1) is 21.6 Å². The molecule has 0 aliphatic heterocycles. The van der Waals surface area contributed by atoms with Gasteiger partial charge in [-0.3, -0.25) is 0 Å². The molecule has 0 heterocycles. The van der Waals surface area contributed by atoms with E-state index >= 15 is 0 Å². The Morgan fingerprint density at radius 3 is 1.22 bits per heavy atom.